The number of halogens is 4. The van der Waals surface area contributed by atoms with E-state index in [9.17, 15) is 17.6 Å². The fourth-order valence-electron chi connectivity index (χ4n) is 4.20. The van der Waals surface area contributed by atoms with Gasteiger partial charge in [0.15, 0.2) is 17.5 Å². The maximum atomic E-state index is 14.6. The van der Waals surface area contributed by atoms with E-state index < -0.39 is 23.3 Å². The Morgan fingerprint density at radius 2 is 1.48 bits per heavy atom. The number of benzene rings is 2. The summed E-state index contributed by atoms with van der Waals surface area (Å²) in [6.45, 7) is 2.21. The van der Waals surface area contributed by atoms with Crippen LogP contribution in [0.3, 0.4) is 0 Å². The molecule has 0 atom stereocenters. The van der Waals surface area contributed by atoms with Gasteiger partial charge in [0.2, 0.25) is 0 Å². The van der Waals surface area contributed by atoms with Crippen molar-refractivity contribution >= 4 is 0 Å². The lowest BCUT2D eigenvalue weighted by Gasteiger charge is -2.29. The first-order chi connectivity index (χ1) is 13.0. The molecule has 0 radical (unpaired) electrons. The predicted molar refractivity (Wildman–Crippen MR) is 101 cm³/mol. The minimum atomic E-state index is -1.54. The molecule has 0 saturated heterocycles. The number of hydrogen-bond donors (Lipinski definition) is 0. The lowest BCUT2D eigenvalue weighted by atomic mass is 9.77. The average Bonchev–Trinajstić information content (AvgIpc) is 2.66. The first-order valence-corrected chi connectivity index (χ1v) is 9.94. The van der Waals surface area contributed by atoms with Crippen molar-refractivity contribution in [1.29, 1.82) is 0 Å². The second kappa shape index (κ2) is 8.90. The highest BCUT2D eigenvalue weighted by molar-refractivity contribution is 5.65. The van der Waals surface area contributed by atoms with Gasteiger partial charge in [-0.3, -0.25) is 0 Å². The molecule has 0 aromatic heterocycles. The van der Waals surface area contributed by atoms with E-state index in [1.165, 1.54) is 44.6 Å². The zero-order chi connectivity index (χ0) is 19.4. The predicted octanol–water partition coefficient (Wildman–Crippen LogP) is 7.76. The van der Waals surface area contributed by atoms with Crippen molar-refractivity contribution in [2.24, 2.45) is 5.92 Å². The molecule has 0 unspecified atom stereocenters. The first kappa shape index (κ1) is 19.9. The van der Waals surface area contributed by atoms with E-state index >= 15 is 0 Å². The topological polar surface area (TPSA) is 0 Å². The average molecular weight is 378 g/mol. The second-order valence-electron chi connectivity index (χ2n) is 7.71. The third-order valence-electron chi connectivity index (χ3n) is 5.82. The van der Waals surface area contributed by atoms with Crippen LogP contribution >= 0.6 is 0 Å². The van der Waals surface area contributed by atoms with Crippen LogP contribution in [0.25, 0.3) is 11.1 Å². The van der Waals surface area contributed by atoms with Crippen LogP contribution < -0.4 is 0 Å². The first-order valence-electron chi connectivity index (χ1n) is 9.94. The summed E-state index contributed by atoms with van der Waals surface area (Å²) in [4.78, 5) is 0. The summed E-state index contributed by atoms with van der Waals surface area (Å²) in [6, 6.07) is 6.51. The van der Waals surface area contributed by atoms with E-state index in [0.29, 0.717) is 5.92 Å². The standard InChI is InChI=1S/C23H26F4/c1-2-3-4-5-15-6-8-16(9-7-15)17-10-11-19(20(24)12-17)18-13-21(25)23(27)22(26)14-18/h10-16H,2-9H2,1H3. The molecule has 4 heteroatoms. The maximum Gasteiger partial charge on any atom is 0.194 e. The van der Waals surface area contributed by atoms with Gasteiger partial charge in [0.1, 0.15) is 5.82 Å². The highest BCUT2D eigenvalue weighted by Crippen LogP contribution is 2.39. The van der Waals surface area contributed by atoms with Crippen LogP contribution in [0.5, 0.6) is 0 Å². The van der Waals surface area contributed by atoms with Crippen molar-refractivity contribution in [1.82, 2.24) is 0 Å². The normalized spacial score (nSPS) is 20.0. The van der Waals surface area contributed by atoms with E-state index in [0.717, 1.165) is 36.5 Å². The van der Waals surface area contributed by atoms with Crippen molar-refractivity contribution < 1.29 is 17.6 Å². The molecule has 1 saturated carbocycles. The molecule has 0 aliphatic heterocycles. The zero-order valence-electron chi connectivity index (χ0n) is 15.7. The molecule has 1 fully saturated rings. The Kier molecular flexibility index (Phi) is 6.56. The molecule has 1 aliphatic rings. The van der Waals surface area contributed by atoms with Crippen molar-refractivity contribution in [2.45, 2.75) is 64.2 Å². The van der Waals surface area contributed by atoms with Gasteiger partial charge in [0, 0.05) is 5.56 Å². The van der Waals surface area contributed by atoms with Crippen LogP contribution in [0, 0.1) is 29.2 Å². The Hall–Kier alpha value is -1.84. The van der Waals surface area contributed by atoms with Gasteiger partial charge in [-0.25, -0.2) is 17.6 Å². The Labute approximate surface area is 158 Å². The molecular formula is C23H26F4. The number of rotatable bonds is 6. The van der Waals surface area contributed by atoms with Gasteiger partial charge in [-0.1, -0.05) is 44.7 Å². The molecule has 0 heterocycles. The van der Waals surface area contributed by atoms with Crippen molar-refractivity contribution in [3.63, 3.8) is 0 Å². The largest absolute Gasteiger partial charge is 0.206 e. The van der Waals surface area contributed by atoms with E-state index in [2.05, 4.69) is 6.92 Å². The Bertz CT molecular complexity index is 753. The van der Waals surface area contributed by atoms with Gasteiger partial charge in [-0.15, -0.1) is 0 Å². The Morgan fingerprint density at radius 3 is 2.07 bits per heavy atom. The van der Waals surface area contributed by atoms with Gasteiger partial charge in [-0.2, -0.15) is 0 Å². The molecule has 2 aromatic carbocycles. The van der Waals surface area contributed by atoms with Gasteiger partial charge < -0.3 is 0 Å². The third kappa shape index (κ3) is 4.72. The van der Waals surface area contributed by atoms with Crippen LogP contribution in [0.1, 0.15) is 69.8 Å². The van der Waals surface area contributed by atoms with Gasteiger partial charge in [0.05, 0.1) is 0 Å². The number of hydrogen-bond acceptors (Lipinski definition) is 0. The highest BCUT2D eigenvalue weighted by atomic mass is 19.2. The quantitative estimate of drug-likeness (QED) is 0.274. The van der Waals surface area contributed by atoms with Crippen LogP contribution in [0.2, 0.25) is 0 Å². The minimum Gasteiger partial charge on any atom is -0.206 e. The maximum absolute atomic E-state index is 14.6. The summed E-state index contributed by atoms with van der Waals surface area (Å²) < 4.78 is 54.6. The summed E-state index contributed by atoms with van der Waals surface area (Å²) in [5, 5.41) is 0. The fourth-order valence-corrected chi connectivity index (χ4v) is 4.20. The van der Waals surface area contributed by atoms with E-state index in [-0.39, 0.29) is 11.1 Å². The van der Waals surface area contributed by atoms with Crippen LogP contribution in [0.15, 0.2) is 30.3 Å². The summed E-state index contributed by atoms with van der Waals surface area (Å²) in [7, 11) is 0. The minimum absolute atomic E-state index is 0.00934. The van der Waals surface area contributed by atoms with Gasteiger partial charge in [-0.05, 0) is 66.8 Å². The molecule has 146 valence electrons. The molecule has 0 spiro atoms. The van der Waals surface area contributed by atoms with Crippen LogP contribution in [0.4, 0.5) is 17.6 Å². The monoisotopic (exact) mass is 378 g/mol. The fraction of sp³-hybridized carbons (Fsp3) is 0.478. The van der Waals surface area contributed by atoms with E-state index in [1.807, 2.05) is 6.07 Å². The zero-order valence-corrected chi connectivity index (χ0v) is 15.7. The molecule has 0 bridgehead atoms. The highest BCUT2D eigenvalue weighted by Gasteiger charge is 2.23. The molecule has 3 rings (SSSR count). The molecular weight excluding hydrogens is 352 g/mol. The summed E-state index contributed by atoms with van der Waals surface area (Å²) >= 11 is 0. The van der Waals surface area contributed by atoms with Crippen molar-refractivity contribution in [3.8, 4) is 11.1 Å². The molecule has 2 aromatic rings. The third-order valence-corrected chi connectivity index (χ3v) is 5.82. The van der Waals surface area contributed by atoms with Crippen molar-refractivity contribution in [2.75, 3.05) is 0 Å². The van der Waals surface area contributed by atoms with Crippen LogP contribution in [-0.4, -0.2) is 0 Å². The molecule has 0 N–H and O–H groups in total. The smallest absolute Gasteiger partial charge is 0.194 e. The SMILES string of the molecule is CCCCCC1CCC(c2ccc(-c3cc(F)c(F)c(F)c3)c(F)c2)CC1. The van der Waals surface area contributed by atoms with E-state index in [1.54, 1.807) is 6.07 Å². The van der Waals surface area contributed by atoms with Crippen LogP contribution in [-0.2, 0) is 0 Å². The van der Waals surface area contributed by atoms with Gasteiger partial charge >= 0.3 is 0 Å². The molecule has 1 aliphatic carbocycles. The molecule has 0 nitrogen and oxygen atoms in total. The van der Waals surface area contributed by atoms with E-state index in [4.69, 9.17) is 0 Å². The molecule has 0 amide bonds. The molecule has 27 heavy (non-hydrogen) atoms. The lowest BCUT2D eigenvalue weighted by molar-refractivity contribution is 0.302. The summed E-state index contributed by atoms with van der Waals surface area (Å²) in [6.07, 6.45) is 9.55. The second-order valence-corrected chi connectivity index (χ2v) is 7.71. The Balaban J connectivity index is 1.69. The van der Waals surface area contributed by atoms with Crippen molar-refractivity contribution in [3.05, 3.63) is 59.2 Å². The number of unbranched alkanes of at least 4 members (excludes halogenated alkanes) is 2. The Morgan fingerprint density at radius 1 is 0.815 bits per heavy atom. The summed E-state index contributed by atoms with van der Waals surface area (Å²) in [5.41, 5.74) is 1.03. The summed E-state index contributed by atoms with van der Waals surface area (Å²) in [5.74, 6) is -3.57. The lowest BCUT2D eigenvalue weighted by Crippen LogP contribution is -2.13. The van der Waals surface area contributed by atoms with Gasteiger partial charge in [0.25, 0.3) is 0 Å².